The van der Waals surface area contributed by atoms with Gasteiger partial charge in [-0.1, -0.05) is 58.4 Å². The van der Waals surface area contributed by atoms with Crippen molar-refractivity contribution < 1.29 is 13.9 Å². The van der Waals surface area contributed by atoms with Crippen LogP contribution in [0.5, 0.6) is 5.75 Å². The van der Waals surface area contributed by atoms with Crippen molar-refractivity contribution in [2.24, 2.45) is 5.10 Å². The first-order valence-corrected chi connectivity index (χ1v) is 12.3. The minimum Gasteiger partial charge on any atom is -0.484 e. The summed E-state index contributed by atoms with van der Waals surface area (Å²) in [7, 11) is 0. The highest BCUT2D eigenvalue weighted by atomic mass is 79.9. The van der Waals surface area contributed by atoms with E-state index in [4.69, 9.17) is 9.72 Å². The maximum Gasteiger partial charge on any atom is 0.277 e. The van der Waals surface area contributed by atoms with Gasteiger partial charge in [-0.25, -0.2) is 14.8 Å². The van der Waals surface area contributed by atoms with Gasteiger partial charge in [0.15, 0.2) is 6.61 Å². The molecule has 1 aromatic heterocycles. The molecular weight excluding hydrogens is 533 g/mol. The Morgan fingerprint density at radius 3 is 2.43 bits per heavy atom. The molecule has 5 nitrogen and oxygen atoms in total. The number of benzene rings is 4. The Balaban J connectivity index is 1.28. The molecule has 0 aliphatic rings. The Labute approximate surface area is 221 Å². The molecule has 7 heteroatoms. The molecule has 182 valence electrons. The summed E-state index contributed by atoms with van der Waals surface area (Å²) in [4.78, 5) is 16.9. The lowest BCUT2D eigenvalue weighted by Crippen LogP contribution is -2.24. The highest BCUT2D eigenvalue weighted by Gasteiger charge is 2.11. The van der Waals surface area contributed by atoms with Gasteiger partial charge in [0.1, 0.15) is 11.6 Å². The second-order valence-electron chi connectivity index (χ2n) is 8.24. The summed E-state index contributed by atoms with van der Waals surface area (Å²) in [6, 6.07) is 31.6. The van der Waals surface area contributed by atoms with Crippen LogP contribution in [0.15, 0.2) is 113 Å². The summed E-state index contributed by atoms with van der Waals surface area (Å²) in [6.07, 6.45) is 1.44. The van der Waals surface area contributed by atoms with E-state index in [1.54, 1.807) is 24.3 Å². The highest BCUT2D eigenvalue weighted by molar-refractivity contribution is 9.10. The number of rotatable bonds is 7. The fourth-order valence-electron chi connectivity index (χ4n) is 3.83. The summed E-state index contributed by atoms with van der Waals surface area (Å²) in [6.45, 7) is -0.193. The third-order valence-electron chi connectivity index (χ3n) is 5.65. The van der Waals surface area contributed by atoms with Crippen LogP contribution in [0.1, 0.15) is 5.56 Å². The number of fused-ring (bicyclic) bond motifs is 1. The molecule has 0 atom stereocenters. The van der Waals surface area contributed by atoms with Crippen molar-refractivity contribution in [3.8, 4) is 28.1 Å². The van der Waals surface area contributed by atoms with Gasteiger partial charge in [0, 0.05) is 15.4 Å². The zero-order valence-corrected chi connectivity index (χ0v) is 21.2. The third-order valence-corrected chi connectivity index (χ3v) is 6.14. The lowest BCUT2D eigenvalue weighted by molar-refractivity contribution is -0.123. The topological polar surface area (TPSA) is 63.6 Å². The molecule has 0 spiro atoms. The SMILES string of the molecule is O=C(COc1ccc(-c2cc(-c3ccccc3)c3cc(Br)ccc3n2)cc1)N/N=C/c1ccc(F)cc1. The van der Waals surface area contributed by atoms with Crippen molar-refractivity contribution in [2.75, 3.05) is 6.61 Å². The second-order valence-corrected chi connectivity index (χ2v) is 9.16. The molecule has 5 aromatic rings. The number of amides is 1. The highest BCUT2D eigenvalue weighted by Crippen LogP contribution is 2.34. The van der Waals surface area contributed by atoms with E-state index in [1.165, 1.54) is 18.3 Å². The number of carbonyl (C=O) groups excluding carboxylic acids is 1. The van der Waals surface area contributed by atoms with Gasteiger partial charge >= 0.3 is 0 Å². The van der Waals surface area contributed by atoms with Crippen molar-refractivity contribution in [2.45, 2.75) is 0 Å². The van der Waals surface area contributed by atoms with Crippen LogP contribution in [0.2, 0.25) is 0 Å². The molecule has 5 rings (SSSR count). The Bertz CT molecular complexity index is 1570. The first-order valence-electron chi connectivity index (χ1n) is 11.5. The maximum atomic E-state index is 12.9. The largest absolute Gasteiger partial charge is 0.484 e. The van der Waals surface area contributed by atoms with Gasteiger partial charge in [0.05, 0.1) is 17.4 Å². The van der Waals surface area contributed by atoms with Gasteiger partial charge in [-0.15, -0.1) is 0 Å². The van der Waals surface area contributed by atoms with Crippen LogP contribution in [-0.2, 0) is 4.79 Å². The lowest BCUT2D eigenvalue weighted by atomic mass is 9.98. The minimum atomic E-state index is -0.405. The molecule has 0 fully saturated rings. The van der Waals surface area contributed by atoms with Gasteiger partial charge in [0.2, 0.25) is 0 Å². The molecule has 1 N–H and O–H groups in total. The average Bonchev–Trinajstić information content (AvgIpc) is 2.93. The number of pyridine rings is 1. The number of aromatic nitrogens is 1. The standard InChI is InChI=1S/C30H21BrFN3O2/c31-23-10-15-28-27(16-23)26(21-4-2-1-3-5-21)17-29(34-28)22-8-13-25(14-9-22)37-19-30(36)35-33-18-20-6-11-24(32)12-7-20/h1-18H,19H2,(H,35,36)/b33-18+. The number of nitrogens with one attached hydrogen (secondary N) is 1. The van der Waals surface area contributed by atoms with Crippen LogP contribution in [0, 0.1) is 5.82 Å². The number of hydrogen-bond acceptors (Lipinski definition) is 4. The van der Waals surface area contributed by atoms with E-state index in [-0.39, 0.29) is 12.4 Å². The van der Waals surface area contributed by atoms with Crippen molar-refractivity contribution in [3.63, 3.8) is 0 Å². The third kappa shape index (κ3) is 6.08. The van der Waals surface area contributed by atoms with Crippen molar-refractivity contribution >= 4 is 39.0 Å². The van der Waals surface area contributed by atoms with E-state index >= 15 is 0 Å². The van der Waals surface area contributed by atoms with E-state index in [0.29, 0.717) is 11.3 Å². The molecule has 4 aromatic carbocycles. The summed E-state index contributed by atoms with van der Waals surface area (Å²) >= 11 is 3.57. The van der Waals surface area contributed by atoms with Gasteiger partial charge in [-0.05, 0) is 77.4 Å². The summed E-state index contributed by atoms with van der Waals surface area (Å²) < 4.78 is 19.5. The van der Waals surface area contributed by atoms with Crippen LogP contribution >= 0.6 is 15.9 Å². The van der Waals surface area contributed by atoms with Crippen LogP contribution in [-0.4, -0.2) is 23.7 Å². The normalized spacial score (nSPS) is 11.1. The summed E-state index contributed by atoms with van der Waals surface area (Å²) in [5.74, 6) is -0.186. The molecule has 0 bridgehead atoms. The summed E-state index contributed by atoms with van der Waals surface area (Å²) in [5, 5.41) is 4.93. The molecular formula is C30H21BrFN3O2. The Morgan fingerprint density at radius 1 is 0.919 bits per heavy atom. The van der Waals surface area contributed by atoms with Gasteiger partial charge in [-0.2, -0.15) is 5.10 Å². The number of nitrogens with zero attached hydrogens (tertiary/aromatic N) is 2. The Hall–Kier alpha value is -4.36. The second kappa shape index (κ2) is 11.1. The molecule has 0 aliphatic heterocycles. The lowest BCUT2D eigenvalue weighted by Gasteiger charge is -2.11. The maximum absolute atomic E-state index is 12.9. The predicted molar refractivity (Wildman–Crippen MR) is 148 cm³/mol. The Kier molecular flexibility index (Phi) is 7.33. The van der Waals surface area contributed by atoms with Crippen molar-refractivity contribution in [1.29, 1.82) is 0 Å². The zero-order chi connectivity index (χ0) is 25.6. The van der Waals surface area contributed by atoms with E-state index < -0.39 is 5.91 Å². The van der Waals surface area contributed by atoms with Gasteiger partial charge in [-0.3, -0.25) is 4.79 Å². The summed E-state index contributed by atoms with van der Waals surface area (Å²) in [5.41, 5.74) is 7.95. The molecule has 1 heterocycles. The van der Waals surface area contributed by atoms with E-state index in [2.05, 4.69) is 50.7 Å². The molecule has 0 saturated heterocycles. The smallest absolute Gasteiger partial charge is 0.277 e. The first-order chi connectivity index (χ1) is 18.0. The number of hydrazone groups is 1. The first kappa shape index (κ1) is 24.3. The molecule has 1 amide bonds. The minimum absolute atomic E-state index is 0.193. The monoisotopic (exact) mass is 553 g/mol. The zero-order valence-electron chi connectivity index (χ0n) is 19.6. The molecule has 0 saturated carbocycles. The van der Waals surface area contributed by atoms with Gasteiger partial charge in [0.25, 0.3) is 5.91 Å². The van der Waals surface area contributed by atoms with Crippen molar-refractivity contribution in [3.05, 3.63) is 119 Å². The Morgan fingerprint density at radius 2 is 1.68 bits per heavy atom. The van der Waals surface area contributed by atoms with Crippen molar-refractivity contribution in [1.82, 2.24) is 10.4 Å². The van der Waals surface area contributed by atoms with E-state index in [9.17, 15) is 9.18 Å². The molecule has 37 heavy (non-hydrogen) atoms. The molecule has 0 unspecified atom stereocenters. The predicted octanol–water partition coefficient (Wildman–Crippen LogP) is 7.00. The number of halogens is 2. The van der Waals surface area contributed by atoms with Crippen LogP contribution < -0.4 is 10.2 Å². The van der Waals surface area contributed by atoms with Crippen LogP contribution in [0.3, 0.4) is 0 Å². The number of hydrogen-bond donors (Lipinski definition) is 1. The quantitative estimate of drug-likeness (QED) is 0.174. The molecule has 0 aliphatic carbocycles. The number of ether oxygens (including phenoxy) is 1. The molecule has 0 radical (unpaired) electrons. The average molecular weight is 554 g/mol. The fourth-order valence-corrected chi connectivity index (χ4v) is 4.19. The van der Waals surface area contributed by atoms with E-state index in [1.807, 2.05) is 42.5 Å². The van der Waals surface area contributed by atoms with Gasteiger partial charge < -0.3 is 4.74 Å². The van der Waals surface area contributed by atoms with E-state index in [0.717, 1.165) is 37.8 Å². The van der Waals surface area contributed by atoms with Crippen LogP contribution in [0.4, 0.5) is 4.39 Å². The van der Waals surface area contributed by atoms with Crippen LogP contribution in [0.25, 0.3) is 33.3 Å². The number of carbonyl (C=O) groups is 1. The fraction of sp³-hybridized carbons (Fsp3) is 0.0333.